The van der Waals surface area contributed by atoms with Gasteiger partial charge in [-0.2, -0.15) is 5.10 Å². The Bertz CT molecular complexity index is 608. The number of hydrogen-bond acceptors (Lipinski definition) is 3. The summed E-state index contributed by atoms with van der Waals surface area (Å²) < 4.78 is 2.83. The SMILES string of the molecule is Cn1ncc(NCc2ccc(Br)cc2)c(Br)c1=O. The maximum atomic E-state index is 11.7. The van der Waals surface area contributed by atoms with Gasteiger partial charge in [-0.25, -0.2) is 4.68 Å². The first-order chi connectivity index (χ1) is 8.58. The van der Waals surface area contributed by atoms with Crippen LogP contribution in [0, 0.1) is 0 Å². The van der Waals surface area contributed by atoms with Crippen LogP contribution in [0.1, 0.15) is 5.56 Å². The van der Waals surface area contributed by atoms with Crippen LogP contribution in [0.3, 0.4) is 0 Å². The highest BCUT2D eigenvalue weighted by atomic mass is 79.9. The standard InChI is InChI=1S/C12H11Br2N3O/c1-17-12(18)11(14)10(7-16-17)15-6-8-2-4-9(13)5-3-8/h2-5,7,15H,6H2,1H3. The van der Waals surface area contributed by atoms with Gasteiger partial charge < -0.3 is 5.32 Å². The molecular weight excluding hydrogens is 362 g/mol. The second kappa shape index (κ2) is 5.67. The van der Waals surface area contributed by atoms with Crippen molar-refractivity contribution in [3.63, 3.8) is 0 Å². The molecule has 1 aromatic heterocycles. The lowest BCUT2D eigenvalue weighted by Gasteiger charge is -2.08. The molecule has 0 unspecified atom stereocenters. The maximum absolute atomic E-state index is 11.7. The van der Waals surface area contributed by atoms with E-state index in [2.05, 4.69) is 42.3 Å². The molecule has 0 spiro atoms. The molecule has 2 aromatic rings. The topological polar surface area (TPSA) is 46.9 Å². The zero-order chi connectivity index (χ0) is 13.1. The molecule has 18 heavy (non-hydrogen) atoms. The molecule has 6 heteroatoms. The zero-order valence-electron chi connectivity index (χ0n) is 9.65. The van der Waals surface area contributed by atoms with Crippen molar-refractivity contribution in [2.75, 3.05) is 5.32 Å². The van der Waals surface area contributed by atoms with E-state index in [1.165, 1.54) is 4.68 Å². The number of aromatic nitrogens is 2. The number of aryl methyl sites for hydroxylation is 1. The van der Waals surface area contributed by atoms with E-state index in [0.717, 1.165) is 10.0 Å². The number of nitrogens with one attached hydrogen (secondary N) is 1. The monoisotopic (exact) mass is 371 g/mol. The summed E-state index contributed by atoms with van der Waals surface area (Å²) in [6, 6.07) is 7.99. The molecule has 0 amide bonds. The summed E-state index contributed by atoms with van der Waals surface area (Å²) in [6.45, 7) is 0.640. The van der Waals surface area contributed by atoms with Gasteiger partial charge >= 0.3 is 0 Å². The van der Waals surface area contributed by atoms with Crippen LogP contribution in [0.15, 0.2) is 44.2 Å². The summed E-state index contributed by atoms with van der Waals surface area (Å²) in [5.41, 5.74) is 1.67. The predicted molar refractivity (Wildman–Crippen MR) is 78.6 cm³/mol. The van der Waals surface area contributed by atoms with Crippen LogP contribution in [0.2, 0.25) is 0 Å². The Morgan fingerprint density at radius 1 is 1.28 bits per heavy atom. The normalized spacial score (nSPS) is 10.4. The van der Waals surface area contributed by atoms with E-state index in [4.69, 9.17) is 0 Å². The summed E-state index contributed by atoms with van der Waals surface area (Å²) >= 11 is 6.66. The highest BCUT2D eigenvalue weighted by molar-refractivity contribution is 9.10. The first-order valence-corrected chi connectivity index (χ1v) is 6.86. The summed E-state index contributed by atoms with van der Waals surface area (Å²) in [4.78, 5) is 11.7. The number of anilines is 1. The molecule has 1 heterocycles. The Labute approximate surface area is 121 Å². The zero-order valence-corrected chi connectivity index (χ0v) is 12.8. The third kappa shape index (κ3) is 3.00. The van der Waals surface area contributed by atoms with Crippen molar-refractivity contribution < 1.29 is 0 Å². The van der Waals surface area contributed by atoms with E-state index < -0.39 is 0 Å². The van der Waals surface area contributed by atoms with E-state index in [1.807, 2.05) is 24.3 Å². The van der Waals surface area contributed by atoms with Gasteiger partial charge in [-0.15, -0.1) is 0 Å². The van der Waals surface area contributed by atoms with Crippen molar-refractivity contribution >= 4 is 37.5 Å². The molecule has 0 fully saturated rings. The summed E-state index contributed by atoms with van der Waals surface area (Å²) in [5, 5.41) is 7.15. The van der Waals surface area contributed by atoms with Gasteiger partial charge in [0, 0.05) is 18.1 Å². The van der Waals surface area contributed by atoms with Gasteiger partial charge in [0.15, 0.2) is 0 Å². The van der Waals surface area contributed by atoms with Crippen LogP contribution < -0.4 is 10.9 Å². The molecule has 0 aliphatic heterocycles. The largest absolute Gasteiger partial charge is 0.379 e. The highest BCUT2D eigenvalue weighted by Gasteiger charge is 2.06. The van der Waals surface area contributed by atoms with Gasteiger partial charge in [0.05, 0.1) is 11.9 Å². The Hall–Kier alpha value is -1.14. The molecule has 2 rings (SSSR count). The smallest absolute Gasteiger partial charge is 0.282 e. The molecule has 1 aromatic carbocycles. The van der Waals surface area contributed by atoms with Crippen molar-refractivity contribution in [3.8, 4) is 0 Å². The second-order valence-electron chi connectivity index (χ2n) is 3.78. The average molecular weight is 373 g/mol. The van der Waals surface area contributed by atoms with Crippen molar-refractivity contribution in [3.05, 3.63) is 55.3 Å². The number of halogens is 2. The van der Waals surface area contributed by atoms with Gasteiger partial charge in [0.2, 0.25) is 0 Å². The third-order valence-electron chi connectivity index (χ3n) is 2.47. The average Bonchev–Trinajstić information content (AvgIpc) is 2.37. The predicted octanol–water partition coefficient (Wildman–Crippen LogP) is 2.92. The first kappa shape index (κ1) is 13.3. The number of hydrogen-bond donors (Lipinski definition) is 1. The number of rotatable bonds is 3. The van der Waals surface area contributed by atoms with E-state index in [1.54, 1.807) is 13.2 Å². The van der Waals surface area contributed by atoms with Gasteiger partial charge in [-0.1, -0.05) is 28.1 Å². The molecule has 1 N–H and O–H groups in total. The summed E-state index contributed by atoms with van der Waals surface area (Å²) in [5.74, 6) is 0. The van der Waals surface area contributed by atoms with Crippen LogP contribution in [0.4, 0.5) is 5.69 Å². The third-order valence-corrected chi connectivity index (χ3v) is 3.77. The molecule has 94 valence electrons. The van der Waals surface area contributed by atoms with Crippen molar-refractivity contribution in [1.29, 1.82) is 0 Å². The van der Waals surface area contributed by atoms with Crippen LogP contribution in [-0.4, -0.2) is 9.78 Å². The Balaban J connectivity index is 2.13. The quantitative estimate of drug-likeness (QED) is 0.900. The molecule has 0 aliphatic carbocycles. The summed E-state index contributed by atoms with van der Waals surface area (Å²) in [7, 11) is 1.62. The minimum Gasteiger partial charge on any atom is -0.379 e. The van der Waals surface area contributed by atoms with Crippen LogP contribution >= 0.6 is 31.9 Å². The molecule has 0 atom stereocenters. The highest BCUT2D eigenvalue weighted by Crippen LogP contribution is 2.17. The van der Waals surface area contributed by atoms with Crippen LogP contribution in [-0.2, 0) is 13.6 Å². The molecule has 0 bridgehead atoms. The van der Waals surface area contributed by atoms with Crippen molar-refractivity contribution in [1.82, 2.24) is 9.78 Å². The van der Waals surface area contributed by atoms with Crippen molar-refractivity contribution in [2.24, 2.45) is 7.05 Å². The number of benzene rings is 1. The Morgan fingerprint density at radius 2 is 1.94 bits per heavy atom. The maximum Gasteiger partial charge on any atom is 0.282 e. The second-order valence-corrected chi connectivity index (χ2v) is 5.49. The van der Waals surface area contributed by atoms with Gasteiger partial charge in [-0.3, -0.25) is 4.79 Å². The van der Waals surface area contributed by atoms with E-state index in [9.17, 15) is 4.79 Å². The first-order valence-electron chi connectivity index (χ1n) is 5.28. The molecule has 0 saturated carbocycles. The fourth-order valence-electron chi connectivity index (χ4n) is 1.43. The fraction of sp³-hybridized carbons (Fsp3) is 0.167. The summed E-state index contributed by atoms with van der Waals surface area (Å²) in [6.07, 6.45) is 1.63. The minimum atomic E-state index is -0.157. The lowest BCUT2D eigenvalue weighted by atomic mass is 10.2. The Kier molecular flexibility index (Phi) is 4.19. The van der Waals surface area contributed by atoms with Crippen LogP contribution in [0.5, 0.6) is 0 Å². The lowest BCUT2D eigenvalue weighted by molar-refractivity contribution is 0.703. The lowest BCUT2D eigenvalue weighted by Crippen LogP contribution is -2.21. The Morgan fingerprint density at radius 3 is 2.61 bits per heavy atom. The van der Waals surface area contributed by atoms with Crippen molar-refractivity contribution in [2.45, 2.75) is 6.54 Å². The molecular formula is C12H11Br2N3O. The molecule has 0 aliphatic rings. The van der Waals surface area contributed by atoms with E-state index in [-0.39, 0.29) is 5.56 Å². The van der Waals surface area contributed by atoms with E-state index >= 15 is 0 Å². The molecule has 0 radical (unpaired) electrons. The van der Waals surface area contributed by atoms with Gasteiger partial charge in [0.1, 0.15) is 4.47 Å². The molecule has 4 nitrogen and oxygen atoms in total. The van der Waals surface area contributed by atoms with E-state index in [0.29, 0.717) is 16.7 Å². The number of nitrogens with zero attached hydrogens (tertiary/aromatic N) is 2. The van der Waals surface area contributed by atoms with Crippen LogP contribution in [0.25, 0.3) is 0 Å². The fourth-order valence-corrected chi connectivity index (χ4v) is 2.20. The van der Waals surface area contributed by atoms with Gasteiger partial charge in [-0.05, 0) is 33.6 Å². The molecule has 0 saturated heterocycles. The van der Waals surface area contributed by atoms with Gasteiger partial charge in [0.25, 0.3) is 5.56 Å². The minimum absolute atomic E-state index is 0.157.